The number of Topliss-reactive ketones (excluding diaryl/α,β-unsaturated/α-hetero) is 1. The van der Waals surface area contributed by atoms with Crippen LogP contribution in [0.25, 0.3) is 0 Å². The number of hydrogen-bond donors (Lipinski definition) is 0. The minimum Gasteiger partial charge on any atom is -0.304 e. The van der Waals surface area contributed by atoms with Gasteiger partial charge in [-0.3, -0.25) is 9.59 Å². The third-order valence-electron chi connectivity index (χ3n) is 3.45. The van der Waals surface area contributed by atoms with Crippen LogP contribution in [0.1, 0.15) is 31.1 Å². The van der Waals surface area contributed by atoms with Gasteiger partial charge in [0.25, 0.3) is 11.7 Å². The van der Waals surface area contributed by atoms with Crippen molar-refractivity contribution < 1.29 is 22.4 Å². The Morgan fingerprint density at radius 3 is 2.38 bits per heavy atom. The Kier molecular flexibility index (Phi) is 3.65. The van der Waals surface area contributed by atoms with Crippen molar-refractivity contribution in [3.05, 3.63) is 29.6 Å². The van der Waals surface area contributed by atoms with Crippen LogP contribution in [0.3, 0.4) is 0 Å². The van der Waals surface area contributed by atoms with Gasteiger partial charge in [0.1, 0.15) is 5.82 Å². The number of fused-ring (bicyclic) bond motifs is 1. The number of nitrogens with zero attached hydrogens (tertiary/aromatic N) is 1. The molecule has 7 heteroatoms. The van der Waals surface area contributed by atoms with Crippen molar-refractivity contribution in [1.82, 2.24) is 0 Å². The van der Waals surface area contributed by atoms with Crippen molar-refractivity contribution in [2.75, 3.05) is 17.2 Å². The number of carbonyl (C=O) groups is 2. The van der Waals surface area contributed by atoms with Crippen molar-refractivity contribution in [3.8, 4) is 0 Å². The molecule has 0 saturated heterocycles. The fourth-order valence-corrected chi connectivity index (χ4v) is 3.04. The molecule has 1 aliphatic heterocycles. The summed E-state index contributed by atoms with van der Waals surface area (Å²) in [5, 5.41) is 0. The maximum atomic E-state index is 13.3. The second-order valence-corrected chi connectivity index (χ2v) is 8.74. The van der Waals surface area contributed by atoms with Gasteiger partial charge < -0.3 is 4.90 Å². The summed E-state index contributed by atoms with van der Waals surface area (Å²) in [6, 6.07) is 3.41. The van der Waals surface area contributed by atoms with Gasteiger partial charge in [0.2, 0.25) is 0 Å². The van der Waals surface area contributed by atoms with Gasteiger partial charge in [-0.1, -0.05) is 0 Å². The Bertz CT molecular complexity index is 719. The summed E-state index contributed by atoms with van der Waals surface area (Å²) in [7, 11) is -3.44. The summed E-state index contributed by atoms with van der Waals surface area (Å²) >= 11 is 0. The molecule has 1 heterocycles. The Hall–Kier alpha value is -1.76. The van der Waals surface area contributed by atoms with Crippen LogP contribution in [-0.4, -0.2) is 37.2 Å². The third kappa shape index (κ3) is 2.70. The molecule has 0 atom stereocenters. The molecule has 0 aromatic heterocycles. The summed E-state index contributed by atoms with van der Waals surface area (Å²) in [4.78, 5) is 24.7. The van der Waals surface area contributed by atoms with Gasteiger partial charge in [0, 0.05) is 6.54 Å². The number of sulfone groups is 1. The molecule has 1 amide bonds. The first-order valence-electron chi connectivity index (χ1n) is 6.42. The molecule has 0 saturated carbocycles. The Morgan fingerprint density at radius 1 is 1.19 bits per heavy atom. The molecule has 1 aliphatic rings. The number of rotatable bonds is 3. The van der Waals surface area contributed by atoms with Crippen LogP contribution in [-0.2, 0) is 14.6 Å². The van der Waals surface area contributed by atoms with Gasteiger partial charge in [-0.15, -0.1) is 0 Å². The Morgan fingerprint density at radius 2 is 1.81 bits per heavy atom. The van der Waals surface area contributed by atoms with Gasteiger partial charge in [-0.05, 0) is 39.0 Å². The number of halogens is 1. The minimum atomic E-state index is -3.44. The van der Waals surface area contributed by atoms with Gasteiger partial charge in [-0.2, -0.15) is 0 Å². The predicted molar refractivity (Wildman–Crippen MR) is 76.6 cm³/mol. The number of benzene rings is 1. The molecule has 1 aromatic rings. The molecule has 0 aliphatic carbocycles. The first kappa shape index (κ1) is 15.6. The number of amides is 1. The maximum Gasteiger partial charge on any atom is 0.299 e. The molecule has 0 radical (unpaired) electrons. The van der Waals surface area contributed by atoms with E-state index in [-0.39, 0.29) is 23.5 Å². The van der Waals surface area contributed by atoms with Crippen molar-refractivity contribution in [1.29, 1.82) is 0 Å². The highest BCUT2D eigenvalue weighted by atomic mass is 32.2. The van der Waals surface area contributed by atoms with Gasteiger partial charge >= 0.3 is 0 Å². The van der Waals surface area contributed by atoms with E-state index in [0.29, 0.717) is 0 Å². The van der Waals surface area contributed by atoms with Crippen LogP contribution >= 0.6 is 0 Å². The average Bonchev–Trinajstić information content (AvgIpc) is 2.58. The molecular weight excluding hydrogens is 297 g/mol. The highest BCUT2D eigenvalue weighted by Gasteiger charge is 2.38. The van der Waals surface area contributed by atoms with Crippen molar-refractivity contribution >= 4 is 27.2 Å². The van der Waals surface area contributed by atoms with E-state index in [1.54, 1.807) is 20.8 Å². The molecule has 2 rings (SSSR count). The fourth-order valence-electron chi connectivity index (χ4n) is 2.01. The van der Waals surface area contributed by atoms with E-state index in [1.807, 2.05) is 0 Å². The second kappa shape index (κ2) is 4.91. The first-order valence-corrected chi connectivity index (χ1v) is 8.08. The number of carbonyl (C=O) groups excluding carboxylic acids is 2. The standard InChI is InChI=1S/C14H16FNO4S/c1-14(2,3)21(19,20)7-6-16-11-8-9(15)4-5-10(11)12(17)13(16)18/h4-5,8H,6-7H2,1-3H3. The summed E-state index contributed by atoms with van der Waals surface area (Å²) in [5.41, 5.74) is 0.240. The monoisotopic (exact) mass is 313 g/mol. The van der Waals surface area contributed by atoms with Crippen LogP contribution in [0.2, 0.25) is 0 Å². The number of hydrogen-bond acceptors (Lipinski definition) is 4. The normalized spacial score (nSPS) is 15.5. The van der Waals surface area contributed by atoms with E-state index < -0.39 is 32.1 Å². The zero-order valence-corrected chi connectivity index (χ0v) is 12.8. The topological polar surface area (TPSA) is 71.5 Å². The largest absolute Gasteiger partial charge is 0.304 e. The molecule has 0 bridgehead atoms. The van der Waals surface area contributed by atoms with Crippen LogP contribution in [0.15, 0.2) is 18.2 Å². The van der Waals surface area contributed by atoms with E-state index >= 15 is 0 Å². The van der Waals surface area contributed by atoms with Crippen LogP contribution in [0.5, 0.6) is 0 Å². The van der Waals surface area contributed by atoms with E-state index in [4.69, 9.17) is 0 Å². The molecule has 114 valence electrons. The van der Waals surface area contributed by atoms with Crippen LogP contribution < -0.4 is 4.90 Å². The molecule has 0 unspecified atom stereocenters. The minimum absolute atomic E-state index is 0.106. The van der Waals surface area contributed by atoms with Gasteiger partial charge in [-0.25, -0.2) is 12.8 Å². The highest BCUT2D eigenvalue weighted by Crippen LogP contribution is 2.30. The number of ketones is 1. The van der Waals surface area contributed by atoms with Crippen LogP contribution in [0.4, 0.5) is 10.1 Å². The summed E-state index contributed by atoms with van der Waals surface area (Å²) in [6.45, 7) is 4.52. The molecule has 0 N–H and O–H groups in total. The lowest BCUT2D eigenvalue weighted by Crippen LogP contribution is -2.38. The second-order valence-electron chi connectivity index (χ2n) is 5.88. The van der Waals surface area contributed by atoms with Gasteiger partial charge in [0.15, 0.2) is 9.84 Å². The number of anilines is 1. The van der Waals surface area contributed by atoms with E-state index in [0.717, 1.165) is 17.0 Å². The lowest BCUT2D eigenvalue weighted by Gasteiger charge is -2.22. The molecule has 0 spiro atoms. The van der Waals surface area contributed by atoms with E-state index in [1.165, 1.54) is 6.07 Å². The SMILES string of the molecule is CC(C)(C)S(=O)(=O)CCN1C(=O)C(=O)c2ccc(F)cc21. The molecule has 1 aromatic carbocycles. The zero-order valence-electron chi connectivity index (χ0n) is 12.0. The van der Waals surface area contributed by atoms with E-state index in [2.05, 4.69) is 0 Å². The summed E-state index contributed by atoms with van der Waals surface area (Å²) in [6.07, 6.45) is 0. The first-order chi connectivity index (χ1) is 9.54. The van der Waals surface area contributed by atoms with Crippen molar-refractivity contribution in [2.24, 2.45) is 0 Å². The highest BCUT2D eigenvalue weighted by molar-refractivity contribution is 7.92. The summed E-state index contributed by atoms with van der Waals surface area (Å²) in [5.74, 6) is -2.43. The van der Waals surface area contributed by atoms with Crippen molar-refractivity contribution in [2.45, 2.75) is 25.5 Å². The van der Waals surface area contributed by atoms with Crippen molar-refractivity contribution in [3.63, 3.8) is 0 Å². The molecular formula is C14H16FNO4S. The quantitative estimate of drug-likeness (QED) is 0.794. The lowest BCUT2D eigenvalue weighted by molar-refractivity contribution is -0.114. The Balaban J connectivity index is 2.29. The summed E-state index contributed by atoms with van der Waals surface area (Å²) < 4.78 is 36.5. The maximum absolute atomic E-state index is 13.3. The third-order valence-corrected chi connectivity index (χ3v) is 6.04. The van der Waals surface area contributed by atoms with Crippen LogP contribution in [0, 0.1) is 5.82 Å². The smallest absolute Gasteiger partial charge is 0.299 e. The molecule has 5 nitrogen and oxygen atoms in total. The average molecular weight is 313 g/mol. The Labute approximate surface area is 122 Å². The van der Waals surface area contributed by atoms with Gasteiger partial charge in [0.05, 0.1) is 21.8 Å². The predicted octanol–water partition coefficient (Wildman–Crippen LogP) is 1.57. The zero-order chi connectivity index (χ0) is 16.0. The van der Waals surface area contributed by atoms with E-state index in [9.17, 15) is 22.4 Å². The fraction of sp³-hybridized carbons (Fsp3) is 0.429. The molecule has 21 heavy (non-hydrogen) atoms. The lowest BCUT2D eigenvalue weighted by atomic mass is 10.1. The molecule has 0 fully saturated rings.